The number of nitrogens with two attached hydrogens (primary N) is 1. The van der Waals surface area contributed by atoms with Gasteiger partial charge >= 0.3 is 0 Å². The topological polar surface area (TPSA) is 114 Å². The molecule has 130 valence electrons. The molecule has 0 spiro atoms. The molecular weight excluding hydrogens is 319 g/mol. The molecule has 1 saturated heterocycles. The van der Waals surface area contributed by atoms with Gasteiger partial charge in [-0.25, -0.2) is 4.39 Å². The fourth-order valence-electron chi connectivity index (χ4n) is 2.28. The lowest BCUT2D eigenvalue weighted by atomic mass is 10.2. The average Bonchev–Trinajstić information content (AvgIpc) is 2.53. The van der Waals surface area contributed by atoms with E-state index in [1.54, 1.807) is 0 Å². The Morgan fingerprint density at radius 1 is 1.46 bits per heavy atom. The molecule has 1 heterocycles. The normalized spacial score (nSPS) is 15.8. The highest BCUT2D eigenvalue weighted by Gasteiger charge is 2.23. The fraction of sp³-hybridized carbons (Fsp3) is 0.400. The number of amides is 3. The molecule has 0 saturated carbocycles. The number of benzene rings is 1. The van der Waals surface area contributed by atoms with Crippen LogP contribution < -0.4 is 21.3 Å². The predicted molar refractivity (Wildman–Crippen MR) is 84.9 cm³/mol. The maximum Gasteiger partial charge on any atom is 0.253 e. The van der Waals surface area contributed by atoms with Crippen molar-refractivity contribution in [2.24, 2.45) is 5.73 Å². The third-order valence-corrected chi connectivity index (χ3v) is 3.42. The molecule has 0 aliphatic carbocycles. The van der Waals surface area contributed by atoms with Crippen LogP contribution in [0.5, 0.6) is 0 Å². The third kappa shape index (κ3) is 4.27. The van der Waals surface area contributed by atoms with Crippen LogP contribution in [0, 0.1) is 5.82 Å². The lowest BCUT2D eigenvalue weighted by molar-refractivity contribution is -0.125. The molecular formula is C15H19FN4O4. The minimum atomic E-state index is -0.911. The zero-order chi connectivity index (χ0) is 17.7. The van der Waals surface area contributed by atoms with Crippen LogP contribution in [0.2, 0.25) is 0 Å². The smallest absolute Gasteiger partial charge is 0.253 e. The number of ether oxygens (including phenoxy) is 1. The van der Waals surface area contributed by atoms with Crippen LogP contribution >= 0.6 is 0 Å². The summed E-state index contributed by atoms with van der Waals surface area (Å²) < 4.78 is 19.3. The second-order valence-electron chi connectivity index (χ2n) is 5.24. The number of halogens is 1. The molecule has 1 atom stereocenters. The summed E-state index contributed by atoms with van der Waals surface area (Å²) in [6.45, 7) is 1.68. The van der Waals surface area contributed by atoms with E-state index in [4.69, 9.17) is 10.5 Å². The van der Waals surface area contributed by atoms with Gasteiger partial charge in [-0.15, -0.1) is 0 Å². The van der Waals surface area contributed by atoms with E-state index in [-0.39, 0.29) is 37.0 Å². The van der Waals surface area contributed by atoms with Crippen LogP contribution in [0.1, 0.15) is 6.92 Å². The molecule has 9 heteroatoms. The van der Waals surface area contributed by atoms with Crippen molar-refractivity contribution in [3.63, 3.8) is 0 Å². The highest BCUT2D eigenvalue weighted by Crippen LogP contribution is 2.24. The first kappa shape index (κ1) is 17.8. The van der Waals surface area contributed by atoms with Gasteiger partial charge in [0.05, 0.1) is 12.3 Å². The largest absolute Gasteiger partial charge is 0.370 e. The van der Waals surface area contributed by atoms with Gasteiger partial charge in [-0.05, 0) is 18.2 Å². The Morgan fingerprint density at radius 2 is 2.21 bits per heavy atom. The molecule has 4 N–H and O–H groups in total. The van der Waals surface area contributed by atoms with Crippen molar-refractivity contribution < 1.29 is 23.5 Å². The van der Waals surface area contributed by atoms with Crippen LogP contribution in [-0.2, 0) is 19.1 Å². The first-order valence-electron chi connectivity index (χ1n) is 7.38. The van der Waals surface area contributed by atoms with Crippen LogP contribution in [0.3, 0.4) is 0 Å². The number of anilines is 2. The fourth-order valence-corrected chi connectivity index (χ4v) is 2.28. The zero-order valence-corrected chi connectivity index (χ0v) is 13.2. The van der Waals surface area contributed by atoms with Gasteiger partial charge in [0, 0.05) is 25.7 Å². The predicted octanol–water partition coefficient (Wildman–Crippen LogP) is -0.409. The van der Waals surface area contributed by atoms with Crippen molar-refractivity contribution in [2.45, 2.75) is 13.0 Å². The van der Waals surface area contributed by atoms with Gasteiger partial charge in [0.2, 0.25) is 11.8 Å². The molecule has 0 aromatic heterocycles. The number of rotatable bonds is 5. The van der Waals surface area contributed by atoms with Crippen LogP contribution in [0.15, 0.2) is 18.2 Å². The second-order valence-corrected chi connectivity index (χ2v) is 5.24. The van der Waals surface area contributed by atoms with E-state index in [2.05, 4.69) is 10.6 Å². The van der Waals surface area contributed by atoms with E-state index < -0.39 is 23.7 Å². The zero-order valence-electron chi connectivity index (χ0n) is 13.2. The standard InChI is InChI=1S/C15H19FN4O4/c1-9(21)18-12(7-17)15(23)19-10-2-3-13(11(16)6-10)20-4-5-24-8-14(20)22/h2-3,6,12H,4-5,7-8,17H2,1H3,(H,18,21)(H,19,23)/t12-/m0/s1. The number of hydrogen-bond donors (Lipinski definition) is 3. The van der Waals surface area contributed by atoms with Gasteiger partial charge < -0.3 is 26.0 Å². The highest BCUT2D eigenvalue weighted by molar-refractivity contribution is 5.98. The SMILES string of the molecule is CC(=O)N[C@@H](CN)C(=O)Nc1ccc(N2CCOCC2=O)c(F)c1. The van der Waals surface area contributed by atoms with Gasteiger partial charge in [0.1, 0.15) is 18.5 Å². The quantitative estimate of drug-likeness (QED) is 0.675. The molecule has 1 aliphatic rings. The van der Waals surface area contributed by atoms with Crippen molar-refractivity contribution in [3.05, 3.63) is 24.0 Å². The molecule has 1 fully saturated rings. The minimum Gasteiger partial charge on any atom is -0.370 e. The number of carbonyl (C=O) groups is 3. The van der Waals surface area contributed by atoms with Crippen LogP contribution in [0.4, 0.5) is 15.8 Å². The van der Waals surface area contributed by atoms with Gasteiger partial charge in [-0.2, -0.15) is 0 Å². The summed E-state index contributed by atoms with van der Waals surface area (Å²) in [6.07, 6.45) is 0. The highest BCUT2D eigenvalue weighted by atomic mass is 19.1. The van der Waals surface area contributed by atoms with Gasteiger partial charge in [0.15, 0.2) is 0 Å². The van der Waals surface area contributed by atoms with Crippen molar-refractivity contribution in [1.29, 1.82) is 0 Å². The van der Waals surface area contributed by atoms with E-state index in [0.717, 1.165) is 6.07 Å². The van der Waals surface area contributed by atoms with Gasteiger partial charge in [-0.3, -0.25) is 14.4 Å². The molecule has 8 nitrogen and oxygen atoms in total. The van der Waals surface area contributed by atoms with Gasteiger partial charge in [0.25, 0.3) is 5.91 Å². The van der Waals surface area contributed by atoms with E-state index in [0.29, 0.717) is 6.61 Å². The summed E-state index contributed by atoms with van der Waals surface area (Å²) in [5.41, 5.74) is 5.76. The molecule has 1 aromatic carbocycles. The van der Waals surface area contributed by atoms with E-state index in [1.807, 2.05) is 0 Å². The summed E-state index contributed by atoms with van der Waals surface area (Å²) >= 11 is 0. The molecule has 0 unspecified atom stereocenters. The number of morpholine rings is 1. The molecule has 0 bridgehead atoms. The van der Waals surface area contributed by atoms with Gasteiger partial charge in [-0.1, -0.05) is 0 Å². The summed E-state index contributed by atoms with van der Waals surface area (Å²) in [5.74, 6) is -1.92. The maximum absolute atomic E-state index is 14.3. The van der Waals surface area contributed by atoms with Crippen molar-refractivity contribution >= 4 is 29.1 Å². The first-order valence-corrected chi connectivity index (χ1v) is 7.38. The van der Waals surface area contributed by atoms with Crippen molar-refractivity contribution in [2.75, 3.05) is 36.5 Å². The molecule has 1 aliphatic heterocycles. The molecule has 0 radical (unpaired) electrons. The Labute approximate surface area is 138 Å². The Morgan fingerprint density at radius 3 is 2.79 bits per heavy atom. The second kappa shape index (κ2) is 7.84. The lowest BCUT2D eigenvalue weighted by Crippen LogP contribution is -2.47. The molecule has 24 heavy (non-hydrogen) atoms. The summed E-state index contributed by atoms with van der Waals surface area (Å²) in [4.78, 5) is 36.1. The summed E-state index contributed by atoms with van der Waals surface area (Å²) in [6, 6.07) is 3.08. The molecule has 2 rings (SSSR count). The van der Waals surface area contributed by atoms with Crippen molar-refractivity contribution in [1.82, 2.24) is 5.32 Å². The number of nitrogens with zero attached hydrogens (tertiary/aromatic N) is 1. The van der Waals surface area contributed by atoms with E-state index in [1.165, 1.54) is 24.0 Å². The Bertz CT molecular complexity index is 652. The first-order chi connectivity index (χ1) is 11.4. The Balaban J connectivity index is 2.10. The monoisotopic (exact) mass is 338 g/mol. The molecule has 1 aromatic rings. The molecule has 3 amide bonds. The van der Waals surface area contributed by atoms with Crippen LogP contribution in [0.25, 0.3) is 0 Å². The number of hydrogen-bond acceptors (Lipinski definition) is 5. The lowest BCUT2D eigenvalue weighted by Gasteiger charge is -2.27. The Hall–Kier alpha value is -2.52. The average molecular weight is 338 g/mol. The van der Waals surface area contributed by atoms with Crippen molar-refractivity contribution in [3.8, 4) is 0 Å². The number of carbonyl (C=O) groups excluding carboxylic acids is 3. The summed E-state index contributed by atoms with van der Waals surface area (Å²) in [7, 11) is 0. The van der Waals surface area contributed by atoms with E-state index in [9.17, 15) is 18.8 Å². The third-order valence-electron chi connectivity index (χ3n) is 3.42. The Kier molecular flexibility index (Phi) is 5.83. The number of nitrogens with one attached hydrogen (secondary N) is 2. The summed E-state index contributed by atoms with van der Waals surface area (Å²) in [5, 5.41) is 4.88. The maximum atomic E-state index is 14.3. The van der Waals surface area contributed by atoms with E-state index >= 15 is 0 Å². The minimum absolute atomic E-state index is 0.0890. The van der Waals surface area contributed by atoms with Crippen LogP contribution in [-0.4, -0.2) is 50.1 Å².